The zero-order valence-corrected chi connectivity index (χ0v) is 15.8. The van der Waals surface area contributed by atoms with Gasteiger partial charge in [0.05, 0.1) is 17.2 Å². The Morgan fingerprint density at radius 1 is 1.30 bits per heavy atom. The molecule has 1 aromatic carbocycles. The normalized spacial score (nSPS) is 22.0. The molecular weight excluding hydrogens is 374 g/mol. The second-order valence-electron chi connectivity index (χ2n) is 6.86. The third kappa shape index (κ3) is 3.71. The average molecular weight is 393 g/mol. The van der Waals surface area contributed by atoms with Gasteiger partial charge in [0.25, 0.3) is 15.7 Å². The predicted octanol–water partition coefficient (Wildman–Crippen LogP) is 1.38. The van der Waals surface area contributed by atoms with Crippen LogP contribution in [0.25, 0.3) is 0 Å². The molecule has 1 aliphatic heterocycles. The van der Waals surface area contributed by atoms with Gasteiger partial charge in [0, 0.05) is 23.9 Å². The maximum absolute atomic E-state index is 11.7. The number of pyridine rings is 1. The Labute approximate surface area is 155 Å². The number of hydrogen-bond donors (Lipinski definition) is 1. The molecule has 9 nitrogen and oxygen atoms in total. The molecule has 0 bridgehead atoms. The third-order valence-corrected chi connectivity index (χ3v) is 4.85. The van der Waals surface area contributed by atoms with Crippen LogP contribution in [0.1, 0.15) is 25.5 Å². The van der Waals surface area contributed by atoms with Crippen molar-refractivity contribution in [2.75, 3.05) is 6.26 Å². The summed E-state index contributed by atoms with van der Waals surface area (Å²) in [5, 5.41) is 22.1. The standard InChI is InChI=1S/C17H19N3O6S/c1-17(2)16(21)15(12-10-11(20(22)23)7-8-13(12)26-17)19-9-5-4-6-14(19)18-27(3,24)25/h4-10,15-16,21H,1-3H3. The quantitative estimate of drug-likeness (QED) is 0.620. The number of hydrogen-bond acceptors (Lipinski definition) is 6. The Balaban J connectivity index is 2.32. The van der Waals surface area contributed by atoms with Gasteiger partial charge in [0.1, 0.15) is 22.9 Å². The number of nitrogens with zero attached hydrogens (tertiary/aromatic N) is 3. The summed E-state index contributed by atoms with van der Waals surface area (Å²) in [6, 6.07) is 8.06. The number of fused-ring (bicyclic) bond motifs is 1. The topological polar surface area (TPSA) is 124 Å². The molecule has 10 heteroatoms. The molecule has 27 heavy (non-hydrogen) atoms. The Hall–Kier alpha value is -2.72. The molecule has 2 heterocycles. The summed E-state index contributed by atoms with van der Waals surface area (Å²) in [6.07, 6.45) is 1.42. The van der Waals surface area contributed by atoms with Crippen molar-refractivity contribution in [2.45, 2.75) is 31.6 Å². The van der Waals surface area contributed by atoms with Gasteiger partial charge in [0.15, 0.2) is 0 Å². The number of benzene rings is 1. The van der Waals surface area contributed by atoms with Gasteiger partial charge in [-0.25, -0.2) is 8.42 Å². The van der Waals surface area contributed by atoms with Crippen LogP contribution < -0.4 is 10.2 Å². The van der Waals surface area contributed by atoms with E-state index in [4.69, 9.17) is 4.74 Å². The SMILES string of the molecule is CC1(C)Oc2ccc([N+](=O)[O-])cc2C(n2ccccc2=NS(C)(=O)=O)C1O. The van der Waals surface area contributed by atoms with E-state index in [1.807, 2.05) is 0 Å². The maximum Gasteiger partial charge on any atom is 0.270 e. The number of nitro benzene ring substituents is 1. The van der Waals surface area contributed by atoms with Crippen LogP contribution in [-0.2, 0) is 10.0 Å². The Morgan fingerprint density at radius 2 is 2.00 bits per heavy atom. The lowest BCUT2D eigenvalue weighted by Gasteiger charge is -2.42. The number of nitro groups is 1. The summed E-state index contributed by atoms with van der Waals surface area (Å²) < 4.78 is 34.4. The highest BCUT2D eigenvalue weighted by Crippen LogP contribution is 2.42. The maximum atomic E-state index is 11.7. The van der Waals surface area contributed by atoms with Crippen molar-refractivity contribution >= 4 is 15.7 Å². The number of aliphatic hydroxyl groups excluding tert-OH is 1. The fourth-order valence-corrected chi connectivity index (χ4v) is 3.59. The number of sulfonamides is 1. The van der Waals surface area contributed by atoms with Crippen molar-refractivity contribution in [2.24, 2.45) is 4.40 Å². The summed E-state index contributed by atoms with van der Waals surface area (Å²) in [5.41, 5.74) is -0.706. The van der Waals surface area contributed by atoms with Gasteiger partial charge in [-0.1, -0.05) is 6.07 Å². The summed E-state index contributed by atoms with van der Waals surface area (Å²) in [6.45, 7) is 3.37. The highest BCUT2D eigenvalue weighted by molar-refractivity contribution is 7.89. The molecule has 0 saturated heterocycles. The summed E-state index contributed by atoms with van der Waals surface area (Å²) >= 11 is 0. The molecular formula is C17H19N3O6S. The van der Waals surface area contributed by atoms with Crippen LogP contribution in [0.2, 0.25) is 0 Å². The van der Waals surface area contributed by atoms with Gasteiger partial charge in [-0.3, -0.25) is 10.1 Å². The smallest absolute Gasteiger partial charge is 0.270 e. The van der Waals surface area contributed by atoms with Crippen molar-refractivity contribution in [3.63, 3.8) is 0 Å². The summed E-state index contributed by atoms with van der Waals surface area (Å²) in [5.74, 6) is 0.377. The predicted molar refractivity (Wildman–Crippen MR) is 96.8 cm³/mol. The highest BCUT2D eigenvalue weighted by atomic mass is 32.2. The molecule has 1 aliphatic rings. The molecule has 144 valence electrons. The largest absolute Gasteiger partial charge is 0.485 e. The molecule has 0 amide bonds. The molecule has 1 aromatic heterocycles. The summed E-state index contributed by atoms with van der Waals surface area (Å²) in [4.78, 5) is 10.7. The number of aliphatic hydroxyl groups is 1. The van der Waals surface area contributed by atoms with Gasteiger partial charge in [-0.2, -0.15) is 0 Å². The minimum atomic E-state index is -3.70. The second-order valence-corrected chi connectivity index (χ2v) is 8.51. The molecule has 0 aliphatic carbocycles. The van der Waals surface area contributed by atoms with Gasteiger partial charge < -0.3 is 14.4 Å². The third-order valence-electron chi connectivity index (χ3n) is 4.33. The minimum absolute atomic E-state index is 0.0965. The molecule has 2 aromatic rings. The first-order chi connectivity index (χ1) is 12.5. The molecule has 0 saturated carbocycles. The van der Waals surface area contributed by atoms with Crippen LogP contribution in [0.5, 0.6) is 5.75 Å². The molecule has 0 radical (unpaired) electrons. The number of rotatable bonds is 3. The van der Waals surface area contributed by atoms with Crippen molar-refractivity contribution in [1.29, 1.82) is 0 Å². The Bertz CT molecular complexity index is 1070. The lowest BCUT2D eigenvalue weighted by molar-refractivity contribution is -0.385. The molecule has 2 atom stereocenters. The van der Waals surface area contributed by atoms with Gasteiger partial charge in [0.2, 0.25) is 0 Å². The highest BCUT2D eigenvalue weighted by Gasteiger charge is 2.44. The van der Waals surface area contributed by atoms with Crippen LogP contribution in [0, 0.1) is 10.1 Å². The summed E-state index contributed by atoms with van der Waals surface area (Å²) in [7, 11) is -3.70. The van der Waals surface area contributed by atoms with Crippen molar-refractivity contribution in [3.05, 3.63) is 63.8 Å². The van der Waals surface area contributed by atoms with Crippen LogP contribution in [0.4, 0.5) is 5.69 Å². The van der Waals surface area contributed by atoms with E-state index in [1.54, 1.807) is 32.2 Å². The van der Waals surface area contributed by atoms with Crippen molar-refractivity contribution < 1.29 is 23.2 Å². The van der Waals surface area contributed by atoms with Gasteiger partial charge >= 0.3 is 0 Å². The van der Waals surface area contributed by atoms with E-state index in [9.17, 15) is 23.6 Å². The molecule has 2 unspecified atom stereocenters. The second kappa shape index (κ2) is 6.46. The molecule has 0 fully saturated rings. The Morgan fingerprint density at radius 3 is 2.63 bits per heavy atom. The Kier molecular flexibility index (Phi) is 4.56. The fraction of sp³-hybridized carbons (Fsp3) is 0.353. The van der Waals surface area contributed by atoms with Crippen molar-refractivity contribution in [3.8, 4) is 5.75 Å². The first-order valence-corrected chi connectivity index (χ1v) is 9.93. The van der Waals surface area contributed by atoms with E-state index < -0.39 is 32.7 Å². The number of non-ortho nitro benzene ring substituents is 1. The monoisotopic (exact) mass is 393 g/mol. The van der Waals surface area contributed by atoms with E-state index in [0.29, 0.717) is 11.3 Å². The van der Waals surface area contributed by atoms with Crippen LogP contribution in [0.3, 0.4) is 0 Å². The van der Waals surface area contributed by atoms with E-state index in [0.717, 1.165) is 6.26 Å². The van der Waals surface area contributed by atoms with E-state index in [2.05, 4.69) is 4.40 Å². The van der Waals surface area contributed by atoms with E-state index in [-0.39, 0.29) is 11.2 Å². The lowest BCUT2D eigenvalue weighted by atomic mass is 9.86. The first kappa shape index (κ1) is 19.1. The first-order valence-electron chi connectivity index (χ1n) is 8.08. The zero-order valence-electron chi connectivity index (χ0n) is 14.9. The van der Waals surface area contributed by atoms with Crippen molar-refractivity contribution in [1.82, 2.24) is 4.57 Å². The molecule has 3 rings (SSSR count). The average Bonchev–Trinajstić information content (AvgIpc) is 2.55. The number of ether oxygens (including phenoxy) is 1. The minimum Gasteiger partial charge on any atom is -0.485 e. The zero-order chi connectivity index (χ0) is 20.0. The number of aromatic nitrogens is 1. The van der Waals surface area contributed by atoms with E-state index in [1.165, 1.54) is 28.8 Å². The molecule has 1 N–H and O–H groups in total. The van der Waals surface area contributed by atoms with Crippen LogP contribution >= 0.6 is 0 Å². The van der Waals surface area contributed by atoms with Gasteiger partial charge in [-0.05, 0) is 32.0 Å². The van der Waals surface area contributed by atoms with Crippen LogP contribution in [0.15, 0.2) is 47.0 Å². The van der Waals surface area contributed by atoms with E-state index >= 15 is 0 Å². The lowest BCUT2D eigenvalue weighted by Crippen LogP contribution is -2.52. The van der Waals surface area contributed by atoms with Crippen LogP contribution in [-0.4, -0.2) is 41.0 Å². The fourth-order valence-electron chi connectivity index (χ4n) is 3.10. The molecule has 0 spiro atoms. The van der Waals surface area contributed by atoms with Gasteiger partial charge in [-0.15, -0.1) is 4.40 Å².